The van der Waals surface area contributed by atoms with Gasteiger partial charge in [-0.1, -0.05) is 18.5 Å². The maximum Gasteiger partial charge on any atom is 0.416 e. The summed E-state index contributed by atoms with van der Waals surface area (Å²) < 4.78 is 40.8. The lowest BCUT2D eigenvalue weighted by Crippen LogP contribution is -2.35. The van der Waals surface area contributed by atoms with Crippen molar-refractivity contribution in [2.45, 2.75) is 19.5 Å². The third kappa shape index (κ3) is 3.56. The SMILES string of the molecule is CCC1=NN2C(=N)/C(=C\c3cccn3-c3cc(C(F)(F)F)ccc3Cl)C(=O)N=C2S1. The second kappa shape index (κ2) is 7.44. The summed E-state index contributed by atoms with van der Waals surface area (Å²) in [6.45, 7) is 1.90. The van der Waals surface area contributed by atoms with Gasteiger partial charge in [-0.3, -0.25) is 10.2 Å². The summed E-state index contributed by atoms with van der Waals surface area (Å²) in [6, 6.07) is 6.21. The summed E-state index contributed by atoms with van der Waals surface area (Å²) in [6.07, 6.45) is -0.970. The Morgan fingerprint density at radius 3 is 2.77 bits per heavy atom. The minimum Gasteiger partial charge on any atom is -0.316 e. The third-order valence-corrected chi connectivity index (χ3v) is 5.78. The maximum atomic E-state index is 13.1. The Labute approximate surface area is 178 Å². The van der Waals surface area contributed by atoms with Crippen LogP contribution in [0, 0.1) is 5.41 Å². The van der Waals surface area contributed by atoms with Crippen LogP contribution in [0.4, 0.5) is 13.2 Å². The average Bonchev–Trinajstić information content (AvgIpc) is 3.31. The number of alkyl halides is 3. The number of aromatic nitrogens is 1. The molecule has 6 nitrogen and oxygen atoms in total. The first-order valence-electron chi connectivity index (χ1n) is 8.72. The van der Waals surface area contributed by atoms with Crippen molar-refractivity contribution in [1.29, 1.82) is 5.41 Å². The van der Waals surface area contributed by atoms with E-state index in [0.717, 1.165) is 17.2 Å². The number of carbonyl (C=O) groups excluding carboxylic acids is 1. The molecule has 1 N–H and O–H groups in total. The fourth-order valence-electron chi connectivity index (χ4n) is 2.93. The Hall–Kier alpha value is -2.85. The van der Waals surface area contributed by atoms with Crippen LogP contribution in [0.1, 0.15) is 24.6 Å². The van der Waals surface area contributed by atoms with Crippen molar-refractivity contribution in [1.82, 2.24) is 9.58 Å². The minimum absolute atomic E-state index is 0.0245. The molecule has 154 valence electrons. The van der Waals surface area contributed by atoms with E-state index in [1.54, 1.807) is 12.1 Å². The Bertz CT molecular complexity index is 1170. The van der Waals surface area contributed by atoms with Crippen molar-refractivity contribution >= 4 is 51.4 Å². The number of aliphatic imine (C=N–C) groups is 1. The van der Waals surface area contributed by atoms with E-state index in [1.807, 2.05) is 6.92 Å². The third-order valence-electron chi connectivity index (χ3n) is 4.40. The molecule has 0 fully saturated rings. The first kappa shape index (κ1) is 20.4. The first-order chi connectivity index (χ1) is 14.2. The summed E-state index contributed by atoms with van der Waals surface area (Å²) in [5.41, 5.74) is -0.399. The molecule has 0 saturated carbocycles. The lowest BCUT2D eigenvalue weighted by atomic mass is 10.1. The highest BCUT2D eigenvalue weighted by Crippen LogP contribution is 2.34. The molecule has 0 atom stereocenters. The molecule has 1 amide bonds. The van der Waals surface area contributed by atoms with Gasteiger partial charge in [0.15, 0.2) is 5.84 Å². The second-order valence-electron chi connectivity index (χ2n) is 6.33. The summed E-state index contributed by atoms with van der Waals surface area (Å²) in [4.78, 5) is 16.5. The van der Waals surface area contributed by atoms with Crippen LogP contribution < -0.4 is 0 Å². The fraction of sp³-hybridized carbons (Fsp3) is 0.158. The molecule has 1 aromatic carbocycles. The fourth-order valence-corrected chi connectivity index (χ4v) is 3.96. The molecule has 0 unspecified atom stereocenters. The van der Waals surface area contributed by atoms with Gasteiger partial charge in [0.2, 0.25) is 5.17 Å². The maximum absolute atomic E-state index is 13.1. The highest BCUT2D eigenvalue weighted by atomic mass is 35.5. The number of hydrogen-bond acceptors (Lipinski definition) is 4. The van der Waals surface area contributed by atoms with Gasteiger partial charge in [0.25, 0.3) is 5.91 Å². The highest BCUT2D eigenvalue weighted by molar-refractivity contribution is 8.26. The number of thioether (sulfide) groups is 1. The van der Waals surface area contributed by atoms with E-state index >= 15 is 0 Å². The van der Waals surface area contributed by atoms with E-state index < -0.39 is 17.6 Å². The van der Waals surface area contributed by atoms with Gasteiger partial charge in [-0.25, -0.2) is 0 Å². The van der Waals surface area contributed by atoms with Gasteiger partial charge in [-0.2, -0.15) is 28.3 Å². The van der Waals surface area contributed by atoms with E-state index in [4.69, 9.17) is 17.0 Å². The van der Waals surface area contributed by atoms with Crippen LogP contribution >= 0.6 is 23.4 Å². The van der Waals surface area contributed by atoms with Crippen LogP contribution in [-0.2, 0) is 11.0 Å². The van der Waals surface area contributed by atoms with Crippen LogP contribution in [0.5, 0.6) is 0 Å². The standard InChI is InChI=1S/C19H13ClF3N5OS/c1-2-15-26-28-16(24)12(17(29)25-18(28)30-15)9-11-4-3-7-27(11)14-8-10(19(21,22)23)5-6-13(14)20/h3-9,24H,2H2,1H3/b12-9+,24-16?. The van der Waals surface area contributed by atoms with Gasteiger partial charge in [-0.05, 0) is 54.6 Å². The molecule has 30 heavy (non-hydrogen) atoms. The van der Waals surface area contributed by atoms with Crippen molar-refractivity contribution in [3.05, 3.63) is 58.4 Å². The zero-order chi connectivity index (χ0) is 21.6. The predicted octanol–water partition coefficient (Wildman–Crippen LogP) is 5.18. The molecule has 0 saturated heterocycles. The highest BCUT2D eigenvalue weighted by Gasteiger charge is 2.35. The molecule has 0 bridgehead atoms. The number of halogens is 4. The summed E-state index contributed by atoms with van der Waals surface area (Å²) in [5.74, 6) is -0.766. The molecule has 2 aromatic rings. The zero-order valence-corrected chi connectivity index (χ0v) is 16.9. The van der Waals surface area contributed by atoms with Crippen LogP contribution in [0.25, 0.3) is 11.8 Å². The van der Waals surface area contributed by atoms with Gasteiger partial charge < -0.3 is 4.57 Å². The van der Waals surface area contributed by atoms with Crippen molar-refractivity contribution in [2.75, 3.05) is 0 Å². The molecule has 1 aromatic heterocycles. The number of benzene rings is 1. The molecule has 0 radical (unpaired) electrons. The van der Waals surface area contributed by atoms with Gasteiger partial charge in [0.1, 0.15) is 5.04 Å². The number of rotatable bonds is 3. The summed E-state index contributed by atoms with van der Waals surface area (Å²) >= 11 is 7.37. The van der Waals surface area contributed by atoms with Gasteiger partial charge in [0, 0.05) is 11.9 Å². The molecule has 11 heteroatoms. The minimum atomic E-state index is -4.53. The normalized spacial score (nSPS) is 18.0. The van der Waals surface area contributed by atoms with Crippen molar-refractivity contribution in [2.24, 2.45) is 10.1 Å². The zero-order valence-electron chi connectivity index (χ0n) is 15.4. The molecule has 2 aliphatic heterocycles. The number of amides is 1. The van der Waals surface area contributed by atoms with Crippen LogP contribution in [0.2, 0.25) is 5.02 Å². The van der Waals surface area contributed by atoms with Gasteiger partial charge >= 0.3 is 6.18 Å². The Balaban J connectivity index is 1.77. The van der Waals surface area contributed by atoms with E-state index in [2.05, 4.69) is 10.1 Å². The van der Waals surface area contributed by atoms with Gasteiger partial charge in [-0.15, -0.1) is 0 Å². The molecule has 2 aliphatic rings. The summed E-state index contributed by atoms with van der Waals surface area (Å²) in [5, 5.41) is 15.1. The second-order valence-corrected chi connectivity index (χ2v) is 7.78. The van der Waals surface area contributed by atoms with Crippen LogP contribution in [0.3, 0.4) is 0 Å². The van der Waals surface area contributed by atoms with Crippen molar-refractivity contribution < 1.29 is 18.0 Å². The lowest BCUT2D eigenvalue weighted by molar-refractivity contribution is -0.137. The first-order valence-corrected chi connectivity index (χ1v) is 9.92. The molecular weight excluding hydrogens is 439 g/mol. The van der Waals surface area contributed by atoms with E-state index in [1.165, 1.54) is 39.7 Å². The molecular formula is C19H13ClF3N5OS. The quantitative estimate of drug-likeness (QED) is 0.653. The number of hydrogen-bond donors (Lipinski definition) is 1. The lowest BCUT2D eigenvalue weighted by Gasteiger charge is -2.20. The predicted molar refractivity (Wildman–Crippen MR) is 111 cm³/mol. The molecule has 4 rings (SSSR count). The summed E-state index contributed by atoms with van der Waals surface area (Å²) in [7, 11) is 0. The van der Waals surface area contributed by atoms with E-state index in [-0.39, 0.29) is 22.1 Å². The smallest absolute Gasteiger partial charge is 0.316 e. The largest absolute Gasteiger partial charge is 0.416 e. The van der Waals surface area contributed by atoms with Crippen molar-refractivity contribution in [3.8, 4) is 5.69 Å². The Kier molecular flexibility index (Phi) is 5.07. The Morgan fingerprint density at radius 1 is 1.30 bits per heavy atom. The monoisotopic (exact) mass is 451 g/mol. The topological polar surface area (TPSA) is 73.8 Å². The molecule has 3 heterocycles. The number of amidine groups is 2. The number of nitrogens with one attached hydrogen (secondary N) is 1. The van der Waals surface area contributed by atoms with E-state index in [9.17, 15) is 18.0 Å². The van der Waals surface area contributed by atoms with Gasteiger partial charge in [0.05, 0.1) is 21.8 Å². The Morgan fingerprint density at radius 2 is 2.07 bits per heavy atom. The molecule has 0 spiro atoms. The van der Waals surface area contributed by atoms with Crippen LogP contribution in [-0.4, -0.2) is 31.5 Å². The van der Waals surface area contributed by atoms with E-state index in [0.29, 0.717) is 17.3 Å². The number of nitrogens with zero attached hydrogens (tertiary/aromatic N) is 4. The molecule has 0 aliphatic carbocycles. The van der Waals surface area contributed by atoms with Crippen molar-refractivity contribution in [3.63, 3.8) is 0 Å². The number of fused-ring (bicyclic) bond motifs is 1. The average molecular weight is 452 g/mol. The number of hydrazone groups is 1. The number of carbonyl (C=O) groups is 1. The van der Waals surface area contributed by atoms with Crippen LogP contribution in [0.15, 0.2) is 52.2 Å².